The lowest BCUT2D eigenvalue weighted by Crippen LogP contribution is -2.08. The zero-order chi connectivity index (χ0) is 12.4. The molecule has 2 rings (SSSR count). The van der Waals surface area contributed by atoms with Crippen LogP contribution in [0.5, 0.6) is 0 Å². The molecule has 1 heterocycles. The van der Waals surface area contributed by atoms with E-state index in [2.05, 4.69) is 10.3 Å². The summed E-state index contributed by atoms with van der Waals surface area (Å²) in [6.07, 6.45) is 1.68. The minimum Gasteiger partial charge on any atom is -0.374 e. The van der Waals surface area contributed by atoms with E-state index in [1.165, 1.54) is 30.4 Å². The molecule has 5 heteroatoms. The highest BCUT2D eigenvalue weighted by molar-refractivity contribution is 7.09. The van der Waals surface area contributed by atoms with E-state index in [0.29, 0.717) is 5.56 Å². The SMILES string of the molecule is Cc1cc(F)c(NC(C)c2nccs2)cc1F. The number of benzene rings is 1. The summed E-state index contributed by atoms with van der Waals surface area (Å²) in [6.45, 7) is 3.39. The first-order chi connectivity index (χ1) is 8.08. The standard InChI is InChI=1S/C12H12F2N2S/c1-7-5-10(14)11(6-9(7)13)16-8(2)12-15-3-4-17-12/h3-6,8,16H,1-2H3. The Morgan fingerprint density at radius 3 is 2.71 bits per heavy atom. The van der Waals surface area contributed by atoms with Gasteiger partial charge in [0.15, 0.2) is 0 Å². The minimum atomic E-state index is -0.452. The van der Waals surface area contributed by atoms with Crippen molar-refractivity contribution in [2.45, 2.75) is 19.9 Å². The van der Waals surface area contributed by atoms with E-state index in [1.54, 1.807) is 6.20 Å². The van der Waals surface area contributed by atoms with Crippen LogP contribution >= 0.6 is 11.3 Å². The van der Waals surface area contributed by atoms with Crippen molar-refractivity contribution in [3.05, 3.63) is 45.9 Å². The number of aryl methyl sites for hydroxylation is 1. The predicted octanol–water partition coefficient (Wildman–Crippen LogP) is 3.90. The Bertz CT molecular complexity index is 511. The fourth-order valence-corrected chi connectivity index (χ4v) is 2.15. The van der Waals surface area contributed by atoms with Crippen LogP contribution in [-0.4, -0.2) is 4.98 Å². The molecule has 1 aromatic heterocycles. The molecular weight excluding hydrogens is 242 g/mol. The van der Waals surface area contributed by atoms with Gasteiger partial charge in [0, 0.05) is 17.6 Å². The fraction of sp³-hybridized carbons (Fsp3) is 0.250. The number of nitrogens with one attached hydrogen (secondary N) is 1. The van der Waals surface area contributed by atoms with E-state index in [9.17, 15) is 8.78 Å². The molecule has 90 valence electrons. The van der Waals surface area contributed by atoms with Crippen LogP contribution in [0.4, 0.5) is 14.5 Å². The number of aromatic nitrogens is 1. The maximum absolute atomic E-state index is 13.6. The van der Waals surface area contributed by atoms with Crippen LogP contribution in [0.2, 0.25) is 0 Å². The number of halogens is 2. The molecule has 0 saturated carbocycles. The number of thiazole rings is 1. The molecule has 0 radical (unpaired) electrons. The summed E-state index contributed by atoms with van der Waals surface area (Å²) in [5, 5.41) is 5.60. The Morgan fingerprint density at radius 2 is 2.06 bits per heavy atom. The van der Waals surface area contributed by atoms with Crippen molar-refractivity contribution in [3.8, 4) is 0 Å². The second kappa shape index (κ2) is 4.79. The van der Waals surface area contributed by atoms with Gasteiger partial charge in [-0.1, -0.05) is 0 Å². The van der Waals surface area contributed by atoms with Crippen molar-refractivity contribution in [2.75, 3.05) is 5.32 Å². The Hall–Kier alpha value is -1.49. The van der Waals surface area contributed by atoms with Crippen LogP contribution in [0.1, 0.15) is 23.5 Å². The normalized spacial score (nSPS) is 12.5. The smallest absolute Gasteiger partial charge is 0.146 e. The fourth-order valence-electron chi connectivity index (χ4n) is 1.50. The first kappa shape index (κ1) is 12.0. The van der Waals surface area contributed by atoms with E-state index >= 15 is 0 Å². The zero-order valence-corrected chi connectivity index (χ0v) is 10.3. The molecule has 0 fully saturated rings. The Balaban J connectivity index is 2.22. The molecule has 2 nitrogen and oxygen atoms in total. The molecule has 0 saturated heterocycles. The van der Waals surface area contributed by atoms with Gasteiger partial charge in [0.2, 0.25) is 0 Å². The van der Waals surface area contributed by atoms with Gasteiger partial charge in [0.25, 0.3) is 0 Å². The molecule has 0 amide bonds. The van der Waals surface area contributed by atoms with Crippen LogP contribution < -0.4 is 5.32 Å². The lowest BCUT2D eigenvalue weighted by atomic mass is 10.2. The largest absolute Gasteiger partial charge is 0.374 e. The summed E-state index contributed by atoms with van der Waals surface area (Å²) in [4.78, 5) is 4.12. The Kier molecular flexibility index (Phi) is 3.38. The average Bonchev–Trinajstić information content (AvgIpc) is 2.79. The molecule has 1 N–H and O–H groups in total. The first-order valence-corrected chi connectivity index (χ1v) is 6.07. The summed E-state index contributed by atoms with van der Waals surface area (Å²) >= 11 is 1.47. The van der Waals surface area contributed by atoms with Gasteiger partial charge in [-0.15, -0.1) is 11.3 Å². The van der Waals surface area contributed by atoms with Gasteiger partial charge in [0.1, 0.15) is 16.6 Å². The van der Waals surface area contributed by atoms with Gasteiger partial charge in [-0.05, 0) is 25.5 Å². The zero-order valence-electron chi connectivity index (χ0n) is 9.50. The molecule has 1 unspecified atom stereocenters. The highest BCUT2D eigenvalue weighted by atomic mass is 32.1. The lowest BCUT2D eigenvalue weighted by Gasteiger charge is -2.14. The Morgan fingerprint density at radius 1 is 1.29 bits per heavy atom. The van der Waals surface area contributed by atoms with E-state index in [4.69, 9.17) is 0 Å². The molecule has 0 aliphatic heterocycles. The maximum Gasteiger partial charge on any atom is 0.146 e. The van der Waals surface area contributed by atoms with Crippen LogP contribution in [0.3, 0.4) is 0 Å². The molecule has 17 heavy (non-hydrogen) atoms. The number of anilines is 1. The van der Waals surface area contributed by atoms with Crippen LogP contribution in [0, 0.1) is 18.6 Å². The number of nitrogens with zero attached hydrogens (tertiary/aromatic N) is 1. The quantitative estimate of drug-likeness (QED) is 0.898. The monoisotopic (exact) mass is 254 g/mol. The minimum absolute atomic E-state index is 0.147. The second-order valence-electron chi connectivity index (χ2n) is 3.82. The molecular formula is C12H12F2N2S. The summed E-state index contributed by atoms with van der Waals surface area (Å²) in [7, 11) is 0. The molecule has 0 aliphatic rings. The Labute approximate surface area is 102 Å². The van der Waals surface area contributed by atoms with Gasteiger partial charge < -0.3 is 5.32 Å². The predicted molar refractivity (Wildman–Crippen MR) is 65.2 cm³/mol. The molecule has 2 aromatic rings. The van der Waals surface area contributed by atoms with Crippen LogP contribution in [0.15, 0.2) is 23.7 Å². The van der Waals surface area contributed by atoms with Gasteiger partial charge >= 0.3 is 0 Å². The third-order valence-electron chi connectivity index (χ3n) is 2.44. The van der Waals surface area contributed by atoms with E-state index < -0.39 is 11.6 Å². The summed E-state index contributed by atoms with van der Waals surface area (Å²) in [5.74, 6) is -0.868. The maximum atomic E-state index is 13.6. The third-order valence-corrected chi connectivity index (χ3v) is 3.40. The molecule has 0 aliphatic carbocycles. The van der Waals surface area contributed by atoms with Crippen molar-refractivity contribution in [2.24, 2.45) is 0 Å². The topological polar surface area (TPSA) is 24.9 Å². The van der Waals surface area contributed by atoms with E-state index in [0.717, 1.165) is 5.01 Å². The van der Waals surface area contributed by atoms with Crippen molar-refractivity contribution < 1.29 is 8.78 Å². The summed E-state index contributed by atoms with van der Waals surface area (Å²) in [6, 6.07) is 2.22. The van der Waals surface area contributed by atoms with Crippen molar-refractivity contribution >= 4 is 17.0 Å². The van der Waals surface area contributed by atoms with Crippen molar-refractivity contribution in [1.82, 2.24) is 4.98 Å². The second-order valence-corrected chi connectivity index (χ2v) is 4.74. The summed E-state index contributed by atoms with van der Waals surface area (Å²) in [5.41, 5.74) is 0.464. The van der Waals surface area contributed by atoms with Crippen LogP contribution in [-0.2, 0) is 0 Å². The van der Waals surface area contributed by atoms with Gasteiger partial charge in [-0.2, -0.15) is 0 Å². The number of hydrogen-bond donors (Lipinski definition) is 1. The van der Waals surface area contributed by atoms with Crippen LogP contribution in [0.25, 0.3) is 0 Å². The highest BCUT2D eigenvalue weighted by Gasteiger charge is 2.12. The van der Waals surface area contributed by atoms with E-state index in [-0.39, 0.29) is 11.7 Å². The average molecular weight is 254 g/mol. The number of hydrogen-bond acceptors (Lipinski definition) is 3. The number of rotatable bonds is 3. The first-order valence-electron chi connectivity index (χ1n) is 5.19. The van der Waals surface area contributed by atoms with E-state index in [1.807, 2.05) is 12.3 Å². The lowest BCUT2D eigenvalue weighted by molar-refractivity contribution is 0.593. The summed E-state index contributed by atoms with van der Waals surface area (Å²) < 4.78 is 26.9. The molecule has 1 aromatic carbocycles. The van der Waals surface area contributed by atoms with Gasteiger partial charge in [0.05, 0.1) is 11.7 Å². The molecule has 1 atom stereocenters. The molecule has 0 spiro atoms. The third kappa shape index (κ3) is 2.61. The molecule has 0 bridgehead atoms. The van der Waals surface area contributed by atoms with Gasteiger partial charge in [-0.3, -0.25) is 0 Å². The van der Waals surface area contributed by atoms with Crippen molar-refractivity contribution in [3.63, 3.8) is 0 Å². The highest BCUT2D eigenvalue weighted by Crippen LogP contribution is 2.24. The van der Waals surface area contributed by atoms with Gasteiger partial charge in [-0.25, -0.2) is 13.8 Å². The van der Waals surface area contributed by atoms with Crippen molar-refractivity contribution in [1.29, 1.82) is 0 Å².